The quantitative estimate of drug-likeness (QED) is 0.724. The van der Waals surface area contributed by atoms with Gasteiger partial charge in [-0.05, 0) is 31.7 Å². The van der Waals surface area contributed by atoms with Gasteiger partial charge >= 0.3 is 0 Å². The normalized spacial score (nSPS) is 25.0. The SMILES string of the molecule is C=CCCS(=O)(=O)NC1CCCCC1CN.Cl. The largest absolute Gasteiger partial charge is 0.330 e. The van der Waals surface area contributed by atoms with Crippen LogP contribution in [0, 0.1) is 5.92 Å². The van der Waals surface area contributed by atoms with E-state index in [0.29, 0.717) is 18.9 Å². The van der Waals surface area contributed by atoms with E-state index in [2.05, 4.69) is 11.3 Å². The van der Waals surface area contributed by atoms with E-state index < -0.39 is 10.0 Å². The molecule has 0 spiro atoms. The molecule has 0 aromatic rings. The van der Waals surface area contributed by atoms with Crippen molar-refractivity contribution in [1.82, 2.24) is 4.72 Å². The summed E-state index contributed by atoms with van der Waals surface area (Å²) in [6.07, 6.45) is 6.31. The molecule has 0 radical (unpaired) electrons. The zero-order chi connectivity index (χ0) is 12.0. The van der Waals surface area contributed by atoms with Gasteiger partial charge in [-0.1, -0.05) is 18.9 Å². The van der Waals surface area contributed by atoms with Crippen LogP contribution in [0.2, 0.25) is 0 Å². The van der Waals surface area contributed by atoms with Gasteiger partial charge in [-0.15, -0.1) is 19.0 Å². The topological polar surface area (TPSA) is 72.2 Å². The molecule has 0 heterocycles. The minimum Gasteiger partial charge on any atom is -0.330 e. The minimum absolute atomic E-state index is 0. The summed E-state index contributed by atoms with van der Waals surface area (Å²) in [5, 5.41) is 0. The van der Waals surface area contributed by atoms with E-state index in [4.69, 9.17) is 5.73 Å². The maximum atomic E-state index is 11.7. The van der Waals surface area contributed by atoms with Gasteiger partial charge in [0.25, 0.3) is 0 Å². The maximum absolute atomic E-state index is 11.7. The van der Waals surface area contributed by atoms with Crippen molar-refractivity contribution in [1.29, 1.82) is 0 Å². The Morgan fingerprint density at radius 1 is 1.35 bits per heavy atom. The minimum atomic E-state index is -3.16. The second kappa shape index (κ2) is 8.08. The molecule has 1 saturated carbocycles. The molecule has 17 heavy (non-hydrogen) atoms. The molecule has 0 aromatic carbocycles. The highest BCUT2D eigenvalue weighted by Gasteiger charge is 2.27. The number of allylic oxidation sites excluding steroid dienone is 1. The predicted molar refractivity (Wildman–Crippen MR) is 73.8 cm³/mol. The summed E-state index contributed by atoms with van der Waals surface area (Å²) in [4.78, 5) is 0. The van der Waals surface area contributed by atoms with Crippen LogP contribution in [0.1, 0.15) is 32.1 Å². The van der Waals surface area contributed by atoms with Gasteiger partial charge in [-0.3, -0.25) is 0 Å². The van der Waals surface area contributed by atoms with Crippen LogP contribution in [0.4, 0.5) is 0 Å². The average molecular weight is 283 g/mol. The molecule has 102 valence electrons. The van der Waals surface area contributed by atoms with Crippen LogP contribution in [0.15, 0.2) is 12.7 Å². The van der Waals surface area contributed by atoms with E-state index >= 15 is 0 Å². The first-order valence-corrected chi connectivity index (χ1v) is 7.55. The van der Waals surface area contributed by atoms with Crippen LogP contribution >= 0.6 is 12.4 Å². The summed E-state index contributed by atoms with van der Waals surface area (Å²) in [6.45, 7) is 4.09. The zero-order valence-corrected chi connectivity index (χ0v) is 11.7. The van der Waals surface area contributed by atoms with E-state index in [0.717, 1.165) is 25.7 Å². The number of nitrogens with two attached hydrogens (primary N) is 1. The van der Waals surface area contributed by atoms with Crippen LogP contribution in [0.3, 0.4) is 0 Å². The van der Waals surface area contributed by atoms with Crippen LogP contribution in [-0.4, -0.2) is 26.8 Å². The molecule has 2 atom stereocenters. The first-order chi connectivity index (χ1) is 7.59. The highest BCUT2D eigenvalue weighted by molar-refractivity contribution is 7.89. The Morgan fingerprint density at radius 3 is 2.59 bits per heavy atom. The molecular formula is C11H23ClN2O2S. The van der Waals surface area contributed by atoms with Crippen molar-refractivity contribution in [2.75, 3.05) is 12.3 Å². The lowest BCUT2D eigenvalue weighted by molar-refractivity contribution is 0.296. The molecule has 3 N–H and O–H groups in total. The molecule has 4 nitrogen and oxygen atoms in total. The Labute approximate surface area is 110 Å². The number of hydrogen-bond acceptors (Lipinski definition) is 3. The van der Waals surface area contributed by atoms with E-state index in [9.17, 15) is 8.42 Å². The monoisotopic (exact) mass is 282 g/mol. The molecule has 2 unspecified atom stereocenters. The maximum Gasteiger partial charge on any atom is 0.212 e. The van der Waals surface area contributed by atoms with Crippen molar-refractivity contribution < 1.29 is 8.42 Å². The third-order valence-corrected chi connectivity index (χ3v) is 4.57. The Bertz CT molecular complexity index is 319. The van der Waals surface area contributed by atoms with E-state index in [-0.39, 0.29) is 24.2 Å². The van der Waals surface area contributed by atoms with Crippen molar-refractivity contribution in [3.63, 3.8) is 0 Å². The number of rotatable bonds is 6. The fourth-order valence-electron chi connectivity index (χ4n) is 2.17. The number of nitrogens with one attached hydrogen (secondary N) is 1. The van der Waals surface area contributed by atoms with Crippen LogP contribution in [0.5, 0.6) is 0 Å². The molecule has 0 bridgehead atoms. The predicted octanol–water partition coefficient (Wildman–Crippen LogP) is 1.42. The Morgan fingerprint density at radius 2 is 2.00 bits per heavy atom. The van der Waals surface area contributed by atoms with Crippen molar-refractivity contribution in [2.24, 2.45) is 11.7 Å². The van der Waals surface area contributed by atoms with Crippen LogP contribution in [-0.2, 0) is 10.0 Å². The zero-order valence-electron chi connectivity index (χ0n) is 10.1. The molecule has 1 aliphatic carbocycles. The summed E-state index contributed by atoms with van der Waals surface area (Å²) in [5.74, 6) is 0.428. The lowest BCUT2D eigenvalue weighted by atomic mass is 9.85. The third kappa shape index (κ3) is 5.86. The highest BCUT2D eigenvalue weighted by atomic mass is 35.5. The highest BCUT2D eigenvalue weighted by Crippen LogP contribution is 2.24. The van der Waals surface area contributed by atoms with Gasteiger partial charge in [0.15, 0.2) is 0 Å². The van der Waals surface area contributed by atoms with Crippen molar-refractivity contribution in [3.8, 4) is 0 Å². The lowest BCUT2D eigenvalue weighted by Gasteiger charge is -2.30. The molecule has 0 amide bonds. The van der Waals surface area contributed by atoms with Crippen LogP contribution < -0.4 is 10.5 Å². The van der Waals surface area contributed by atoms with Crippen LogP contribution in [0.25, 0.3) is 0 Å². The van der Waals surface area contributed by atoms with Gasteiger partial charge in [0.2, 0.25) is 10.0 Å². The second-order valence-corrected chi connectivity index (χ2v) is 6.27. The second-order valence-electron chi connectivity index (χ2n) is 4.40. The van der Waals surface area contributed by atoms with Gasteiger partial charge in [0, 0.05) is 6.04 Å². The van der Waals surface area contributed by atoms with Crippen molar-refractivity contribution in [2.45, 2.75) is 38.1 Å². The summed E-state index contributed by atoms with van der Waals surface area (Å²) in [6, 6.07) is 0.0357. The first-order valence-electron chi connectivity index (χ1n) is 5.90. The summed E-state index contributed by atoms with van der Waals surface area (Å²) >= 11 is 0. The molecule has 0 saturated heterocycles. The molecule has 1 aliphatic rings. The third-order valence-electron chi connectivity index (χ3n) is 3.13. The number of sulfonamides is 1. The fraction of sp³-hybridized carbons (Fsp3) is 0.818. The molecule has 0 aromatic heterocycles. The molecular weight excluding hydrogens is 260 g/mol. The van der Waals surface area contributed by atoms with Gasteiger partial charge in [-0.2, -0.15) is 0 Å². The van der Waals surface area contributed by atoms with E-state index in [1.807, 2.05) is 0 Å². The standard InChI is InChI=1S/C11H22N2O2S.ClH/c1-2-3-8-16(14,15)13-11-7-5-4-6-10(11)9-12;/h2,10-11,13H,1,3-9,12H2;1H. The molecule has 0 aliphatic heterocycles. The molecule has 1 fully saturated rings. The first kappa shape index (κ1) is 16.9. The summed E-state index contributed by atoms with van der Waals surface area (Å²) in [7, 11) is -3.16. The van der Waals surface area contributed by atoms with Gasteiger partial charge in [-0.25, -0.2) is 13.1 Å². The van der Waals surface area contributed by atoms with Crippen molar-refractivity contribution >= 4 is 22.4 Å². The molecule has 6 heteroatoms. The average Bonchev–Trinajstić information content (AvgIpc) is 2.27. The number of halogens is 1. The van der Waals surface area contributed by atoms with Gasteiger partial charge in [0.05, 0.1) is 5.75 Å². The lowest BCUT2D eigenvalue weighted by Crippen LogP contribution is -2.45. The van der Waals surface area contributed by atoms with Gasteiger partial charge in [0.1, 0.15) is 0 Å². The fourth-order valence-corrected chi connectivity index (χ4v) is 3.54. The van der Waals surface area contributed by atoms with E-state index in [1.165, 1.54) is 0 Å². The Hall–Kier alpha value is -0.100. The molecule has 1 rings (SSSR count). The number of hydrogen-bond donors (Lipinski definition) is 2. The summed E-state index contributed by atoms with van der Waals surface area (Å²) < 4.78 is 26.2. The smallest absolute Gasteiger partial charge is 0.212 e. The van der Waals surface area contributed by atoms with Gasteiger partial charge < -0.3 is 5.73 Å². The Balaban J connectivity index is 0.00000256. The Kier molecular flexibility index (Phi) is 8.03. The van der Waals surface area contributed by atoms with Crippen molar-refractivity contribution in [3.05, 3.63) is 12.7 Å². The summed E-state index contributed by atoms with van der Waals surface area (Å²) in [5.41, 5.74) is 5.66. The van der Waals surface area contributed by atoms with E-state index in [1.54, 1.807) is 6.08 Å².